The van der Waals surface area contributed by atoms with Gasteiger partial charge in [0.05, 0.1) is 19.2 Å². The van der Waals surface area contributed by atoms with Gasteiger partial charge >= 0.3 is 5.84 Å². The molecule has 0 radical (unpaired) electrons. The molecule has 0 aliphatic heterocycles. The lowest BCUT2D eigenvalue weighted by Crippen LogP contribution is -2.38. The Morgan fingerprint density at radius 1 is 1.03 bits per heavy atom. The first-order valence-corrected chi connectivity index (χ1v) is 14.4. The van der Waals surface area contributed by atoms with Crippen molar-refractivity contribution in [3.63, 3.8) is 0 Å². The van der Waals surface area contributed by atoms with Crippen LogP contribution < -0.4 is 9.75 Å². The van der Waals surface area contributed by atoms with E-state index in [-0.39, 0.29) is 28.4 Å². The molecule has 0 bridgehead atoms. The minimum absolute atomic E-state index is 0.0227. The van der Waals surface area contributed by atoms with Gasteiger partial charge in [0.2, 0.25) is 11.5 Å². The highest BCUT2D eigenvalue weighted by atomic mass is 28.3. The monoisotopic (exact) mass is 472 g/mol. The largest absolute Gasteiger partial charge is 0.421 e. The van der Waals surface area contributed by atoms with Gasteiger partial charge in [-0.1, -0.05) is 48.1 Å². The number of nitriles is 1. The van der Waals surface area contributed by atoms with E-state index in [2.05, 4.69) is 29.8 Å². The van der Waals surface area contributed by atoms with Crippen LogP contribution >= 0.6 is 0 Å². The Kier molecular flexibility index (Phi) is 3.59. The Morgan fingerprint density at radius 2 is 1.76 bits per heavy atom. The van der Waals surface area contributed by atoms with E-state index in [1.165, 1.54) is 4.40 Å². The van der Waals surface area contributed by atoms with E-state index in [9.17, 15) is 5.26 Å². The van der Waals surface area contributed by atoms with Crippen molar-refractivity contribution in [1.82, 2.24) is 14.6 Å². The van der Waals surface area contributed by atoms with Crippen LogP contribution in [0.3, 0.4) is 0 Å². The van der Waals surface area contributed by atoms with Crippen LogP contribution in [0.4, 0.5) is 0 Å². The van der Waals surface area contributed by atoms with Gasteiger partial charge in [-0.2, -0.15) is 5.26 Å². The lowest BCUT2D eigenvalue weighted by Gasteiger charge is -2.21. The molecule has 0 saturated heterocycles. The Balaban J connectivity index is 1.86. The summed E-state index contributed by atoms with van der Waals surface area (Å²) in [5.74, 6) is 0.266. The van der Waals surface area contributed by atoms with Crippen molar-refractivity contribution in [2.24, 2.45) is 7.05 Å². The quantitative estimate of drug-likeness (QED) is 0.274. The molecular weight excluding hydrogens is 438 g/mol. The first-order chi connectivity index (χ1) is 18.5. The van der Waals surface area contributed by atoms with E-state index >= 15 is 0 Å². The molecule has 7 heteroatoms. The fraction of sp³-hybridized carbons (Fsp3) is 0.259. The molecule has 170 valence electrons. The topological polar surface area (TPSA) is 71.0 Å². The summed E-state index contributed by atoms with van der Waals surface area (Å²) in [4.78, 5) is 0. The molecule has 0 aliphatic carbocycles. The summed E-state index contributed by atoms with van der Waals surface area (Å²) in [5.41, 5.74) is 4.04. The molecule has 3 aromatic heterocycles. The van der Waals surface area contributed by atoms with Gasteiger partial charge in [0.15, 0.2) is 11.8 Å². The minimum atomic E-state index is -2.54. The van der Waals surface area contributed by atoms with E-state index in [4.69, 9.17) is 12.6 Å². The summed E-state index contributed by atoms with van der Waals surface area (Å²) in [5, 5.41) is 18.1. The summed E-state index contributed by atoms with van der Waals surface area (Å²) in [6, 6.07) is 12.6. The average molecular weight is 473 g/mol. The molecule has 0 spiro atoms. The highest BCUT2D eigenvalue weighted by molar-refractivity contribution is 6.88. The van der Waals surface area contributed by atoms with E-state index in [0.717, 1.165) is 10.8 Å². The van der Waals surface area contributed by atoms with E-state index in [1.807, 2.05) is 36.7 Å². The number of hydrogen-bond donors (Lipinski definition) is 0. The van der Waals surface area contributed by atoms with Gasteiger partial charge < -0.3 is 4.42 Å². The molecule has 0 amide bonds. The van der Waals surface area contributed by atoms with Crippen molar-refractivity contribution in [3.8, 4) is 28.5 Å². The lowest BCUT2D eigenvalue weighted by molar-refractivity contribution is -0.660. The van der Waals surface area contributed by atoms with E-state index in [1.54, 1.807) is 30.5 Å². The third-order valence-corrected chi connectivity index (χ3v) is 8.23. The number of nitrogens with zero attached hydrogens (tertiary/aromatic N) is 5. The molecule has 0 saturated carbocycles. The van der Waals surface area contributed by atoms with Crippen molar-refractivity contribution >= 4 is 30.2 Å². The smallest absolute Gasteiger partial charge is 0.328 e. The Bertz CT molecular complexity index is 1820. The zero-order chi connectivity index (χ0) is 29.4. The molecule has 2 aromatic carbocycles. The summed E-state index contributed by atoms with van der Waals surface area (Å²) in [7, 11) is -0.214. The van der Waals surface area contributed by atoms with Crippen molar-refractivity contribution in [3.05, 3.63) is 65.1 Å². The maximum absolute atomic E-state index is 9.49. The number of rotatable bonds is 3. The van der Waals surface area contributed by atoms with Gasteiger partial charge in [0.25, 0.3) is 0 Å². The van der Waals surface area contributed by atoms with Crippen LogP contribution in [0.5, 0.6) is 0 Å². The van der Waals surface area contributed by atoms with Gasteiger partial charge in [-0.15, -0.1) is 5.10 Å². The molecule has 0 N–H and O–H groups in total. The third kappa shape index (κ3) is 3.34. The van der Waals surface area contributed by atoms with Crippen LogP contribution in [0.15, 0.2) is 47.0 Å². The highest BCUT2D eigenvalue weighted by Crippen LogP contribution is 2.35. The van der Waals surface area contributed by atoms with Crippen molar-refractivity contribution in [2.45, 2.75) is 40.3 Å². The van der Waals surface area contributed by atoms with Crippen LogP contribution in [-0.4, -0.2) is 22.7 Å². The minimum Gasteiger partial charge on any atom is -0.421 e. The van der Waals surface area contributed by atoms with Crippen molar-refractivity contribution in [1.29, 1.82) is 5.26 Å². The number of fused-ring (bicyclic) bond motifs is 3. The molecule has 6 nitrogen and oxygen atoms in total. The molecule has 0 unspecified atom stereocenters. The molecule has 5 rings (SSSR count). The maximum atomic E-state index is 9.49. The number of hydrogen-bond acceptors (Lipinski definition) is 4. The molecule has 0 aliphatic rings. The number of oxazole rings is 1. The Hall–Kier alpha value is -3.76. The second kappa shape index (κ2) is 7.64. The summed E-state index contributed by atoms with van der Waals surface area (Å²) in [6.45, 7) is 3.03. The summed E-state index contributed by atoms with van der Waals surface area (Å²) >= 11 is 0. The van der Waals surface area contributed by atoms with Crippen LogP contribution in [0.2, 0.25) is 19.6 Å². The Morgan fingerprint density at radius 3 is 2.41 bits per heavy atom. The van der Waals surface area contributed by atoms with Gasteiger partial charge in [-0.3, -0.25) is 0 Å². The lowest BCUT2D eigenvalue weighted by atomic mass is 9.94. The van der Waals surface area contributed by atoms with Crippen LogP contribution in [0.25, 0.3) is 39.3 Å². The number of benzene rings is 2. The van der Waals surface area contributed by atoms with Gasteiger partial charge in [-0.25, -0.2) is 8.97 Å². The van der Waals surface area contributed by atoms with Gasteiger partial charge in [0.1, 0.15) is 13.1 Å². The van der Waals surface area contributed by atoms with Crippen LogP contribution in [0.1, 0.15) is 30.7 Å². The molecule has 34 heavy (non-hydrogen) atoms. The van der Waals surface area contributed by atoms with E-state index in [0.29, 0.717) is 27.9 Å². The average Bonchev–Trinajstić information content (AvgIpc) is 3.41. The fourth-order valence-electron chi connectivity index (χ4n) is 4.34. The molecular formula is C27H28N5OSi+. The molecule has 0 fully saturated rings. The second-order valence-corrected chi connectivity index (χ2v) is 14.6. The molecule has 0 atom stereocenters. The molecule has 5 aromatic rings. The SMILES string of the molecule is [2H]C([2H])([2H])c1cc([Si](C)(C)C)cc(C([2H])([2H])[2H])c1-c1cc[n+](C)c(-c2c(C)ccc3c2oc2nnc(C#N)n23)c1. The predicted molar refractivity (Wildman–Crippen MR) is 137 cm³/mol. The Labute approximate surface area is 208 Å². The van der Waals surface area contributed by atoms with Crippen molar-refractivity contribution in [2.75, 3.05) is 0 Å². The zero-order valence-corrected chi connectivity index (χ0v) is 20.7. The number of pyridine rings is 1. The predicted octanol–water partition coefficient (Wildman–Crippen LogP) is 4.98. The van der Waals surface area contributed by atoms with Crippen LogP contribution in [0, 0.1) is 32.0 Å². The second-order valence-electron chi connectivity index (χ2n) is 9.57. The zero-order valence-electron chi connectivity index (χ0n) is 25.7. The van der Waals surface area contributed by atoms with Gasteiger partial charge in [-0.05, 0) is 54.5 Å². The number of aromatic nitrogens is 4. The van der Waals surface area contributed by atoms with E-state index < -0.39 is 21.8 Å². The maximum Gasteiger partial charge on any atom is 0.328 e. The standard InChI is InChI=1S/C27H28N5OSi/c1-16-8-9-21-26(33-27-30-29-23(15-28)32(21)27)25(16)22-14-19(10-11-31(22)4)24-17(2)12-20(13-18(24)3)34(5,6)7/h8-14H,1-7H3/q+1/i2D3,3D3. The van der Waals surface area contributed by atoms with Crippen LogP contribution in [-0.2, 0) is 7.05 Å². The summed E-state index contributed by atoms with van der Waals surface area (Å²) in [6.07, 6.45) is 1.78. The normalized spacial score (nSPS) is 15.3. The first kappa shape index (κ1) is 16.0. The fourth-order valence-corrected chi connectivity index (χ4v) is 5.50. The van der Waals surface area contributed by atoms with Crippen molar-refractivity contribution < 1.29 is 17.2 Å². The third-order valence-electron chi connectivity index (χ3n) is 6.21. The first-order valence-electron chi connectivity index (χ1n) is 13.9. The number of aryl methyl sites for hydroxylation is 4. The molecule has 3 heterocycles. The summed E-state index contributed by atoms with van der Waals surface area (Å²) < 4.78 is 59.6. The van der Waals surface area contributed by atoms with Gasteiger partial charge in [0, 0.05) is 20.4 Å². The highest BCUT2D eigenvalue weighted by Gasteiger charge is 2.25.